The van der Waals surface area contributed by atoms with E-state index in [1.165, 1.54) is 0 Å². The van der Waals surface area contributed by atoms with E-state index >= 15 is 0 Å². The smallest absolute Gasteiger partial charge is 0.274 e. The molecular formula is C24H22N6O3. The summed E-state index contributed by atoms with van der Waals surface area (Å²) in [5.41, 5.74) is 1.94. The van der Waals surface area contributed by atoms with Gasteiger partial charge in [0.1, 0.15) is 0 Å². The number of aromatic hydroxyl groups is 2. The Labute approximate surface area is 190 Å². The SMILES string of the molecule is O=C(NCc1ccccn1)c1nc(C(NCc2ccccn2)c2ccccc2)nc(O)c1O. The summed E-state index contributed by atoms with van der Waals surface area (Å²) in [6.45, 7) is 0.534. The molecule has 0 radical (unpaired) electrons. The van der Waals surface area contributed by atoms with Crippen LogP contribution in [0.15, 0.2) is 79.1 Å². The van der Waals surface area contributed by atoms with Crippen molar-refractivity contribution in [1.29, 1.82) is 0 Å². The van der Waals surface area contributed by atoms with Crippen LogP contribution in [0.3, 0.4) is 0 Å². The highest BCUT2D eigenvalue weighted by atomic mass is 16.3. The van der Waals surface area contributed by atoms with Gasteiger partial charge in [0, 0.05) is 18.9 Å². The van der Waals surface area contributed by atoms with E-state index in [0.717, 1.165) is 11.3 Å². The molecule has 9 nitrogen and oxygen atoms in total. The van der Waals surface area contributed by atoms with E-state index in [9.17, 15) is 15.0 Å². The van der Waals surface area contributed by atoms with Crippen molar-refractivity contribution in [3.63, 3.8) is 0 Å². The summed E-state index contributed by atoms with van der Waals surface area (Å²) >= 11 is 0. The minimum Gasteiger partial charge on any atom is -0.501 e. The lowest BCUT2D eigenvalue weighted by Crippen LogP contribution is -2.28. The molecule has 4 N–H and O–H groups in total. The second kappa shape index (κ2) is 10.3. The van der Waals surface area contributed by atoms with Crippen LogP contribution in [-0.4, -0.2) is 36.1 Å². The average molecular weight is 442 g/mol. The first-order chi connectivity index (χ1) is 16.1. The van der Waals surface area contributed by atoms with Crippen LogP contribution < -0.4 is 10.6 Å². The molecule has 1 aromatic carbocycles. The Kier molecular flexibility index (Phi) is 6.81. The van der Waals surface area contributed by atoms with E-state index in [1.807, 2.05) is 48.5 Å². The van der Waals surface area contributed by atoms with Gasteiger partial charge in [-0.3, -0.25) is 20.1 Å². The van der Waals surface area contributed by atoms with Crippen molar-refractivity contribution in [2.45, 2.75) is 19.1 Å². The number of hydrogen-bond donors (Lipinski definition) is 4. The first-order valence-corrected chi connectivity index (χ1v) is 10.3. The number of amides is 1. The molecule has 4 aromatic rings. The van der Waals surface area contributed by atoms with E-state index in [4.69, 9.17) is 0 Å². The quantitative estimate of drug-likeness (QED) is 0.327. The molecule has 166 valence electrons. The molecule has 0 saturated carbocycles. The van der Waals surface area contributed by atoms with Crippen molar-refractivity contribution >= 4 is 5.91 Å². The molecule has 1 unspecified atom stereocenters. The van der Waals surface area contributed by atoms with E-state index in [1.54, 1.807) is 30.6 Å². The predicted molar refractivity (Wildman–Crippen MR) is 120 cm³/mol. The first kappa shape index (κ1) is 21.8. The molecule has 9 heteroatoms. The van der Waals surface area contributed by atoms with Crippen molar-refractivity contribution in [3.05, 3.63) is 108 Å². The van der Waals surface area contributed by atoms with Crippen LogP contribution in [0.5, 0.6) is 11.6 Å². The Bertz CT molecular complexity index is 1210. The lowest BCUT2D eigenvalue weighted by molar-refractivity contribution is 0.0940. The molecule has 1 atom stereocenters. The van der Waals surface area contributed by atoms with Gasteiger partial charge in [-0.2, -0.15) is 4.98 Å². The highest BCUT2D eigenvalue weighted by molar-refractivity contribution is 5.95. The van der Waals surface area contributed by atoms with Crippen molar-refractivity contribution in [3.8, 4) is 11.6 Å². The predicted octanol–water partition coefficient (Wildman–Crippen LogP) is 2.49. The fraction of sp³-hybridized carbons (Fsp3) is 0.125. The number of hydrogen-bond acceptors (Lipinski definition) is 8. The number of benzene rings is 1. The van der Waals surface area contributed by atoms with Gasteiger partial charge >= 0.3 is 0 Å². The summed E-state index contributed by atoms with van der Waals surface area (Å²) in [5, 5.41) is 26.5. The zero-order valence-corrected chi connectivity index (χ0v) is 17.6. The van der Waals surface area contributed by atoms with E-state index in [0.29, 0.717) is 12.2 Å². The number of carbonyl (C=O) groups excluding carboxylic acids is 1. The minimum absolute atomic E-state index is 0.135. The van der Waals surface area contributed by atoms with Gasteiger partial charge in [-0.15, -0.1) is 0 Å². The average Bonchev–Trinajstić information content (AvgIpc) is 2.86. The van der Waals surface area contributed by atoms with Crippen LogP contribution in [0.25, 0.3) is 0 Å². The molecule has 33 heavy (non-hydrogen) atoms. The van der Waals surface area contributed by atoms with Gasteiger partial charge in [0.2, 0.25) is 5.75 Å². The van der Waals surface area contributed by atoms with Gasteiger partial charge in [-0.25, -0.2) is 4.98 Å². The molecule has 3 heterocycles. The molecular weight excluding hydrogens is 420 g/mol. The molecule has 4 rings (SSSR count). The van der Waals surface area contributed by atoms with Gasteiger partial charge < -0.3 is 15.5 Å². The lowest BCUT2D eigenvalue weighted by Gasteiger charge is -2.19. The number of nitrogens with one attached hydrogen (secondary N) is 2. The van der Waals surface area contributed by atoms with Crippen molar-refractivity contribution in [2.24, 2.45) is 0 Å². The summed E-state index contributed by atoms with van der Waals surface area (Å²) in [6.07, 6.45) is 3.31. The fourth-order valence-corrected chi connectivity index (χ4v) is 3.22. The first-order valence-electron chi connectivity index (χ1n) is 10.3. The summed E-state index contributed by atoms with van der Waals surface area (Å²) < 4.78 is 0. The summed E-state index contributed by atoms with van der Waals surface area (Å²) in [6, 6.07) is 19.7. The number of rotatable bonds is 8. The maximum Gasteiger partial charge on any atom is 0.274 e. The molecule has 3 aromatic heterocycles. The Hall–Kier alpha value is -4.37. The summed E-state index contributed by atoms with van der Waals surface area (Å²) in [5.74, 6) is -1.89. The van der Waals surface area contributed by atoms with E-state index in [-0.39, 0.29) is 18.1 Å². The molecule has 0 aliphatic carbocycles. The van der Waals surface area contributed by atoms with Crippen molar-refractivity contribution in [2.75, 3.05) is 0 Å². The Morgan fingerprint density at radius 1 is 0.818 bits per heavy atom. The zero-order chi connectivity index (χ0) is 23.0. The van der Waals surface area contributed by atoms with Gasteiger partial charge in [-0.1, -0.05) is 42.5 Å². The molecule has 0 aliphatic rings. The van der Waals surface area contributed by atoms with Crippen LogP contribution >= 0.6 is 0 Å². The normalized spacial score (nSPS) is 11.6. The second-order valence-corrected chi connectivity index (χ2v) is 7.15. The third-order valence-corrected chi connectivity index (χ3v) is 4.86. The molecule has 1 amide bonds. The number of nitrogens with zero attached hydrogens (tertiary/aromatic N) is 4. The molecule has 0 bridgehead atoms. The van der Waals surface area contributed by atoms with Crippen LogP contribution in [0, 0.1) is 0 Å². The summed E-state index contributed by atoms with van der Waals surface area (Å²) in [7, 11) is 0. The minimum atomic E-state index is -0.686. The molecule has 0 saturated heterocycles. The largest absolute Gasteiger partial charge is 0.501 e. The van der Waals surface area contributed by atoms with Gasteiger partial charge in [-0.05, 0) is 29.8 Å². The Morgan fingerprint density at radius 3 is 2.09 bits per heavy atom. The highest BCUT2D eigenvalue weighted by Gasteiger charge is 2.24. The third-order valence-electron chi connectivity index (χ3n) is 4.86. The van der Waals surface area contributed by atoms with Gasteiger partial charge in [0.15, 0.2) is 11.5 Å². The maximum absolute atomic E-state index is 12.8. The number of aromatic nitrogens is 4. The van der Waals surface area contributed by atoms with E-state index in [2.05, 4.69) is 30.6 Å². The van der Waals surface area contributed by atoms with Crippen LogP contribution in [0.1, 0.15) is 39.3 Å². The topological polar surface area (TPSA) is 133 Å². The Balaban J connectivity index is 1.62. The molecule has 0 aliphatic heterocycles. The second-order valence-electron chi connectivity index (χ2n) is 7.15. The Morgan fingerprint density at radius 2 is 1.45 bits per heavy atom. The molecule has 0 spiro atoms. The molecule has 0 fully saturated rings. The van der Waals surface area contributed by atoms with E-state index < -0.39 is 23.6 Å². The standard InChI is InChI=1S/C24H22N6O3/c31-21-20(23(32)28-15-18-11-5-7-13-26-18)29-22(30-24(21)33)19(16-8-2-1-3-9-16)27-14-17-10-4-6-12-25-17/h1-13,19,27,31H,14-15H2,(H,28,32)(H,29,30,33). The van der Waals surface area contributed by atoms with Crippen molar-refractivity contribution in [1.82, 2.24) is 30.6 Å². The lowest BCUT2D eigenvalue weighted by atomic mass is 10.1. The number of pyridine rings is 2. The maximum atomic E-state index is 12.8. The zero-order valence-electron chi connectivity index (χ0n) is 17.6. The number of carbonyl (C=O) groups is 1. The monoisotopic (exact) mass is 442 g/mol. The van der Waals surface area contributed by atoms with Crippen LogP contribution in [-0.2, 0) is 13.1 Å². The van der Waals surface area contributed by atoms with Crippen LogP contribution in [0.2, 0.25) is 0 Å². The fourth-order valence-electron chi connectivity index (χ4n) is 3.22. The van der Waals surface area contributed by atoms with Crippen LogP contribution in [0.4, 0.5) is 0 Å². The highest BCUT2D eigenvalue weighted by Crippen LogP contribution is 2.29. The summed E-state index contributed by atoms with van der Waals surface area (Å²) in [4.78, 5) is 29.5. The van der Waals surface area contributed by atoms with Crippen molar-refractivity contribution < 1.29 is 15.0 Å². The third kappa shape index (κ3) is 5.46. The van der Waals surface area contributed by atoms with Gasteiger partial charge in [0.25, 0.3) is 11.8 Å². The van der Waals surface area contributed by atoms with Gasteiger partial charge in [0.05, 0.1) is 24.0 Å².